The molecule has 4 aliphatic rings. The number of pyridine rings is 2. The first-order chi connectivity index (χ1) is 25.0. The van der Waals surface area contributed by atoms with Gasteiger partial charge < -0.3 is 25.0 Å². The van der Waals surface area contributed by atoms with Crippen LogP contribution in [-0.4, -0.2) is 107 Å². The lowest BCUT2D eigenvalue weighted by molar-refractivity contribution is -0.120. The number of rotatable bonds is 7. The van der Waals surface area contributed by atoms with E-state index in [1.807, 2.05) is 43.5 Å². The summed E-state index contributed by atoms with van der Waals surface area (Å²) in [6.07, 6.45) is 10.4. The molecule has 0 saturated carbocycles. The first-order valence-electron chi connectivity index (χ1n) is 17.3. The summed E-state index contributed by atoms with van der Waals surface area (Å²) in [5, 5.41) is 12.5. The number of hydrogen-bond acceptors (Lipinski definition) is 11. The number of H-pyrrole nitrogens is 1. The third-order valence-electron chi connectivity index (χ3n) is 9.09. The highest BCUT2D eigenvalue weighted by Crippen LogP contribution is 2.33. The average molecular weight is 714 g/mol. The number of carbonyl (C=O) groups is 5. The molecule has 0 bridgehead atoms. The summed E-state index contributed by atoms with van der Waals surface area (Å²) in [5.41, 5.74) is 7.50. The molecular formula is C36H43N9O7. The number of nitrogens with one attached hydrogen (secondary N) is 3. The van der Waals surface area contributed by atoms with Gasteiger partial charge in [-0.05, 0) is 67.3 Å². The second-order valence-corrected chi connectivity index (χ2v) is 13.4. The molecule has 4 amide bonds. The van der Waals surface area contributed by atoms with Crippen LogP contribution in [0.4, 0.5) is 21.0 Å². The van der Waals surface area contributed by atoms with Gasteiger partial charge in [-0.2, -0.15) is 5.10 Å². The van der Waals surface area contributed by atoms with E-state index in [1.54, 1.807) is 11.1 Å². The average Bonchev–Trinajstić information content (AvgIpc) is 3.78. The second-order valence-electron chi connectivity index (χ2n) is 13.4. The number of aryl methyl sites for hydroxylation is 3. The molecular weight excluding hydrogens is 670 g/mol. The highest BCUT2D eigenvalue weighted by atomic mass is 16.6. The molecule has 2 aliphatic carbocycles. The van der Waals surface area contributed by atoms with E-state index in [0.29, 0.717) is 37.4 Å². The van der Waals surface area contributed by atoms with E-state index in [1.165, 1.54) is 30.5 Å². The predicted molar refractivity (Wildman–Crippen MR) is 190 cm³/mol. The van der Waals surface area contributed by atoms with Crippen LogP contribution >= 0.6 is 0 Å². The molecule has 3 N–H and O–H groups in total. The maximum atomic E-state index is 12.8. The molecule has 0 unspecified atom stereocenters. The fourth-order valence-corrected chi connectivity index (χ4v) is 6.64. The molecule has 0 spiro atoms. The first kappa shape index (κ1) is 36.0. The summed E-state index contributed by atoms with van der Waals surface area (Å²) in [5.74, 6) is -0.372. The minimum atomic E-state index is -0.472. The molecule has 16 nitrogen and oxygen atoms in total. The van der Waals surface area contributed by atoms with Crippen LogP contribution in [0.3, 0.4) is 0 Å². The summed E-state index contributed by atoms with van der Waals surface area (Å²) in [6.45, 7) is 4.17. The zero-order valence-electron chi connectivity index (χ0n) is 29.7. The van der Waals surface area contributed by atoms with Crippen molar-refractivity contribution in [3.05, 3.63) is 64.9 Å². The summed E-state index contributed by atoms with van der Waals surface area (Å²) < 4.78 is 10.6. The molecule has 5 heterocycles. The van der Waals surface area contributed by atoms with Crippen molar-refractivity contribution >= 4 is 41.2 Å². The number of ketones is 1. The van der Waals surface area contributed by atoms with Crippen LogP contribution < -0.4 is 20.4 Å². The molecule has 7 rings (SSSR count). The fraction of sp³-hybridized carbons (Fsp3) is 0.444. The number of hydrogen-bond donors (Lipinski definition) is 3. The maximum absolute atomic E-state index is 12.8. The topological polar surface area (TPSA) is 192 Å². The molecule has 2 atom stereocenters. The number of aromatic amines is 1. The van der Waals surface area contributed by atoms with Crippen molar-refractivity contribution in [2.45, 2.75) is 64.6 Å². The van der Waals surface area contributed by atoms with Crippen molar-refractivity contribution in [3.8, 4) is 11.4 Å². The second kappa shape index (κ2) is 15.6. The van der Waals surface area contributed by atoms with Crippen LogP contribution in [0.2, 0.25) is 0 Å². The SMILES string of the molecule is CC(=O)NC[C@H]1CN(c2cnc3c(c2)CCC/C(=C\N(C)C)C3=O)C(=O)O1.CC(=O)NC[C@H]1CN(c2cnc3c(c2)CCCc2cn[nH]c2-3)C(=O)O1. The minimum absolute atomic E-state index is 0.0599. The van der Waals surface area contributed by atoms with Gasteiger partial charge in [0, 0.05) is 39.7 Å². The number of allylic oxidation sites excluding steroid dienone is 1. The molecule has 3 aromatic rings. The Kier molecular flexibility index (Phi) is 10.8. The normalized spacial score (nSPS) is 20.0. The van der Waals surface area contributed by atoms with Gasteiger partial charge in [-0.3, -0.25) is 39.3 Å². The van der Waals surface area contributed by atoms with Crippen LogP contribution in [0.1, 0.15) is 60.3 Å². The van der Waals surface area contributed by atoms with Crippen molar-refractivity contribution < 1.29 is 33.4 Å². The summed E-state index contributed by atoms with van der Waals surface area (Å²) in [7, 11) is 3.78. The number of amides is 4. The molecule has 0 radical (unpaired) electrons. The summed E-state index contributed by atoms with van der Waals surface area (Å²) in [6, 6.07) is 3.85. The third kappa shape index (κ3) is 8.22. The lowest BCUT2D eigenvalue weighted by Crippen LogP contribution is -2.33. The largest absolute Gasteiger partial charge is 0.442 e. The van der Waals surface area contributed by atoms with Gasteiger partial charge in [0.15, 0.2) is 0 Å². The molecule has 52 heavy (non-hydrogen) atoms. The molecule has 274 valence electrons. The van der Waals surface area contributed by atoms with Crippen molar-refractivity contribution in [2.75, 3.05) is 50.1 Å². The van der Waals surface area contributed by atoms with Crippen molar-refractivity contribution in [3.63, 3.8) is 0 Å². The maximum Gasteiger partial charge on any atom is 0.414 e. The Balaban J connectivity index is 0.000000179. The highest BCUT2D eigenvalue weighted by Gasteiger charge is 2.35. The van der Waals surface area contributed by atoms with Gasteiger partial charge in [0.05, 0.1) is 67.5 Å². The van der Waals surface area contributed by atoms with Crippen LogP contribution in [0.15, 0.2) is 42.5 Å². The van der Waals surface area contributed by atoms with Gasteiger partial charge in [0.1, 0.15) is 17.9 Å². The number of Topliss-reactive ketones (excluding diaryl/α,β-unsaturated/α-hetero) is 1. The number of anilines is 2. The smallest absolute Gasteiger partial charge is 0.414 e. The van der Waals surface area contributed by atoms with Gasteiger partial charge in [-0.25, -0.2) is 9.59 Å². The van der Waals surface area contributed by atoms with Gasteiger partial charge in [-0.15, -0.1) is 0 Å². The number of ether oxygens (including phenoxy) is 2. The van der Waals surface area contributed by atoms with Gasteiger partial charge in [-0.1, -0.05) is 0 Å². The quantitative estimate of drug-likeness (QED) is 0.241. The van der Waals surface area contributed by atoms with E-state index >= 15 is 0 Å². The number of cyclic esters (lactones) is 2. The third-order valence-corrected chi connectivity index (χ3v) is 9.09. The van der Waals surface area contributed by atoms with E-state index in [4.69, 9.17) is 9.47 Å². The zero-order valence-corrected chi connectivity index (χ0v) is 29.7. The monoisotopic (exact) mass is 713 g/mol. The van der Waals surface area contributed by atoms with E-state index in [2.05, 4.69) is 30.8 Å². The van der Waals surface area contributed by atoms with Crippen LogP contribution in [0, 0.1) is 0 Å². The summed E-state index contributed by atoms with van der Waals surface area (Å²) in [4.78, 5) is 73.1. The van der Waals surface area contributed by atoms with Crippen molar-refractivity contribution in [1.29, 1.82) is 0 Å². The Morgan fingerprint density at radius 3 is 1.88 bits per heavy atom. The Bertz CT molecular complexity index is 1910. The first-order valence-corrected chi connectivity index (χ1v) is 17.3. The molecule has 16 heteroatoms. The molecule has 3 aromatic heterocycles. The van der Waals surface area contributed by atoms with E-state index in [-0.39, 0.29) is 30.2 Å². The standard InChI is InChI=1S/C19H24N4O4.C17H19N5O3/c1-12(24)20-9-16-11-23(19(26)27-16)15-7-13-5-4-6-14(10-22(2)3)18(25)17(13)21-8-15;1-10(23)18-8-14-9-22(17(24)25-14)13-5-11-3-2-4-12-6-20-21-16(12)15(11)19-7-13/h7-8,10,16H,4-6,9,11H2,1-3H3,(H,20,24);5-7,14H,2-4,8-9H2,1H3,(H,18,23)(H,20,21)/b14-10+;/t16-;14-/m00/s1. The molecule has 2 fully saturated rings. The Labute approximate surface area is 300 Å². The number of aromatic nitrogens is 4. The summed E-state index contributed by atoms with van der Waals surface area (Å²) >= 11 is 0. The molecule has 0 aromatic carbocycles. The Morgan fingerprint density at radius 2 is 1.33 bits per heavy atom. The van der Waals surface area contributed by atoms with Crippen LogP contribution in [0.5, 0.6) is 0 Å². The molecule has 2 aliphatic heterocycles. The van der Waals surface area contributed by atoms with Crippen LogP contribution in [0.25, 0.3) is 11.4 Å². The van der Waals surface area contributed by atoms with E-state index in [9.17, 15) is 24.0 Å². The van der Waals surface area contributed by atoms with Gasteiger partial charge in [0.25, 0.3) is 0 Å². The lowest BCUT2D eigenvalue weighted by Gasteiger charge is -2.15. The number of nitrogens with zero attached hydrogens (tertiary/aromatic N) is 6. The van der Waals surface area contributed by atoms with Gasteiger partial charge >= 0.3 is 12.2 Å². The Morgan fingerprint density at radius 1 is 0.808 bits per heavy atom. The van der Waals surface area contributed by atoms with Crippen molar-refractivity contribution in [2.24, 2.45) is 0 Å². The minimum Gasteiger partial charge on any atom is -0.442 e. The van der Waals surface area contributed by atoms with Gasteiger partial charge in [0.2, 0.25) is 17.6 Å². The highest BCUT2D eigenvalue weighted by molar-refractivity contribution is 6.08. The fourth-order valence-electron chi connectivity index (χ4n) is 6.64. The van der Waals surface area contributed by atoms with E-state index < -0.39 is 18.3 Å². The van der Waals surface area contributed by atoms with E-state index in [0.717, 1.165) is 65.9 Å². The van der Waals surface area contributed by atoms with Crippen molar-refractivity contribution in [1.82, 2.24) is 35.7 Å². The predicted octanol–water partition coefficient (Wildman–Crippen LogP) is 2.93. The Hall–Kier alpha value is -5.80. The lowest BCUT2D eigenvalue weighted by atomic mass is 10.1. The molecule has 2 saturated heterocycles. The zero-order chi connectivity index (χ0) is 36.9. The van der Waals surface area contributed by atoms with Crippen LogP contribution in [-0.2, 0) is 38.3 Å². The number of fused-ring (bicyclic) bond motifs is 4. The number of carbonyl (C=O) groups excluding carboxylic acids is 5.